The number of rotatable bonds is 8. The van der Waals surface area contributed by atoms with Crippen LogP contribution in [-0.4, -0.2) is 79.9 Å². The summed E-state index contributed by atoms with van der Waals surface area (Å²) in [5.74, 6) is -7.83. The maximum Gasteiger partial charge on any atom is 0.348 e. The van der Waals surface area contributed by atoms with Gasteiger partial charge in [-0.15, -0.1) is 0 Å². The van der Waals surface area contributed by atoms with E-state index in [4.69, 9.17) is 28.4 Å². The van der Waals surface area contributed by atoms with Gasteiger partial charge in [0.05, 0.1) is 11.3 Å². The van der Waals surface area contributed by atoms with Crippen molar-refractivity contribution in [1.29, 1.82) is 0 Å². The van der Waals surface area contributed by atoms with Gasteiger partial charge in [-0.1, -0.05) is 39.3 Å². The van der Waals surface area contributed by atoms with Crippen molar-refractivity contribution in [3.8, 4) is 0 Å². The molecule has 0 amide bonds. The number of carbonyl (C=O) groups excluding carboxylic acids is 6. The number of carbonyl (C=O) groups is 6. The van der Waals surface area contributed by atoms with Gasteiger partial charge in [0.25, 0.3) is 0 Å². The van der Waals surface area contributed by atoms with Gasteiger partial charge in [0.2, 0.25) is 6.10 Å². The molecule has 12 heteroatoms. The van der Waals surface area contributed by atoms with E-state index in [1.54, 1.807) is 20.8 Å². The number of ether oxygens (including phenoxy) is 6. The number of hydrogen-bond donors (Lipinski definition) is 0. The first-order chi connectivity index (χ1) is 20.6. The lowest BCUT2D eigenvalue weighted by Crippen LogP contribution is -2.78. The Kier molecular flexibility index (Phi) is 9.36. The highest BCUT2D eigenvalue weighted by atomic mass is 16.6. The Morgan fingerprint density at radius 3 is 2.20 bits per heavy atom. The first-order valence-electron chi connectivity index (χ1n) is 15.2. The molecule has 0 radical (unpaired) electrons. The van der Waals surface area contributed by atoms with Crippen LogP contribution in [0.15, 0.2) is 11.6 Å². The van der Waals surface area contributed by atoms with E-state index in [2.05, 4.69) is 0 Å². The maximum absolute atomic E-state index is 14.9. The summed E-state index contributed by atoms with van der Waals surface area (Å²) in [6.07, 6.45) is -3.03. The maximum atomic E-state index is 14.9. The Hall–Kier alpha value is -3.28. The predicted octanol–water partition coefficient (Wildman–Crippen LogP) is 2.73. The zero-order valence-corrected chi connectivity index (χ0v) is 26.9. The van der Waals surface area contributed by atoms with Crippen LogP contribution in [0.1, 0.15) is 68.2 Å². The summed E-state index contributed by atoms with van der Waals surface area (Å²) in [7, 11) is 1.47. The second kappa shape index (κ2) is 12.3. The van der Waals surface area contributed by atoms with Gasteiger partial charge in [-0.2, -0.15) is 0 Å². The SMILES string of the molecule is CCC(C)C(=O)O[C@H]1C(=O)O[C@@H]2C[C@H]3C(C)=C[C@H](OC)[C@@H](OC(C)=O)[C@]3(C)[C@H]3C(=O)[C@H](OC(C)=O)[C@H](C)[C@H]1[C@@]32COC(C)=O. The van der Waals surface area contributed by atoms with Crippen molar-refractivity contribution in [3.63, 3.8) is 0 Å². The molecule has 2 saturated carbocycles. The molecule has 1 heterocycles. The summed E-state index contributed by atoms with van der Waals surface area (Å²) < 4.78 is 35.0. The van der Waals surface area contributed by atoms with E-state index < -0.39 is 107 Å². The van der Waals surface area contributed by atoms with E-state index in [1.165, 1.54) is 27.9 Å². The topological polar surface area (TPSA) is 158 Å². The molecule has 3 fully saturated rings. The van der Waals surface area contributed by atoms with Crippen molar-refractivity contribution in [2.24, 2.45) is 40.4 Å². The molecule has 1 saturated heterocycles. The predicted molar refractivity (Wildman–Crippen MR) is 151 cm³/mol. The molecule has 0 N–H and O–H groups in total. The fourth-order valence-corrected chi connectivity index (χ4v) is 8.60. The lowest BCUT2D eigenvalue weighted by atomic mass is 9.37. The number of ketones is 1. The molecule has 12 nitrogen and oxygen atoms in total. The van der Waals surface area contributed by atoms with Crippen LogP contribution in [-0.2, 0) is 57.2 Å². The Morgan fingerprint density at radius 2 is 1.66 bits per heavy atom. The van der Waals surface area contributed by atoms with Gasteiger partial charge in [0, 0.05) is 51.0 Å². The van der Waals surface area contributed by atoms with Crippen LogP contribution in [0.2, 0.25) is 0 Å². The molecular formula is C32H44O12. The molecule has 0 bridgehead atoms. The third kappa shape index (κ3) is 5.22. The number of methoxy groups -OCH3 is 1. The standard InChI is InChI=1S/C32H44O12/c1-10-14(2)29(37)44-26-23-16(4)25(41-18(6)34)24(36)27-31(8)20(15(3)11-21(39-9)28(31)42-19(7)35)12-22(43-30(26)38)32(23,27)13-40-17(5)33/h11,14,16,20-23,25-28H,10,12-13H2,1-9H3/t14?,16-,20+,21+,22-,23-,25-,26-,27-,28-,31+,32+/m1/s1. The van der Waals surface area contributed by atoms with Crippen molar-refractivity contribution in [3.05, 3.63) is 11.6 Å². The molecule has 0 aromatic carbocycles. The fraction of sp³-hybridized carbons (Fsp3) is 0.750. The fourth-order valence-electron chi connectivity index (χ4n) is 8.60. The highest BCUT2D eigenvalue weighted by Gasteiger charge is 2.78. The highest BCUT2D eigenvalue weighted by Crippen LogP contribution is 2.69. The summed E-state index contributed by atoms with van der Waals surface area (Å²) in [6.45, 7) is 12.1. The van der Waals surface area contributed by atoms with Gasteiger partial charge in [-0.05, 0) is 25.7 Å². The molecule has 3 aliphatic carbocycles. The average Bonchev–Trinajstić information content (AvgIpc) is 2.94. The van der Waals surface area contributed by atoms with Crippen molar-refractivity contribution in [2.45, 2.75) is 98.8 Å². The molecule has 4 rings (SSSR count). The lowest BCUT2D eigenvalue weighted by Gasteiger charge is -2.68. The first kappa shape index (κ1) is 33.6. The quantitative estimate of drug-likeness (QED) is 0.222. The molecule has 244 valence electrons. The van der Waals surface area contributed by atoms with Crippen LogP contribution in [0.25, 0.3) is 0 Å². The summed E-state index contributed by atoms with van der Waals surface area (Å²) >= 11 is 0. The van der Waals surface area contributed by atoms with Crippen molar-refractivity contribution in [2.75, 3.05) is 13.7 Å². The van der Waals surface area contributed by atoms with E-state index in [0.717, 1.165) is 5.57 Å². The third-order valence-corrected chi connectivity index (χ3v) is 10.5. The average molecular weight is 621 g/mol. The Bertz CT molecular complexity index is 1260. The normalized spacial score (nSPS) is 39.8. The van der Waals surface area contributed by atoms with E-state index in [-0.39, 0.29) is 13.0 Å². The molecular weight excluding hydrogens is 576 g/mol. The minimum absolute atomic E-state index is 0.206. The number of esters is 5. The Balaban J connectivity index is 2.05. The van der Waals surface area contributed by atoms with Crippen LogP contribution in [0, 0.1) is 40.4 Å². The first-order valence-corrected chi connectivity index (χ1v) is 15.2. The highest BCUT2D eigenvalue weighted by molar-refractivity contribution is 5.92. The minimum atomic E-state index is -1.49. The van der Waals surface area contributed by atoms with Crippen LogP contribution >= 0.6 is 0 Å². The monoisotopic (exact) mass is 620 g/mol. The van der Waals surface area contributed by atoms with Gasteiger partial charge in [0.1, 0.15) is 24.9 Å². The van der Waals surface area contributed by atoms with Crippen LogP contribution in [0.5, 0.6) is 0 Å². The molecule has 1 unspecified atom stereocenters. The summed E-state index contributed by atoms with van der Waals surface area (Å²) in [4.78, 5) is 79.1. The Labute approximate surface area is 257 Å². The van der Waals surface area contributed by atoms with Gasteiger partial charge < -0.3 is 28.4 Å². The van der Waals surface area contributed by atoms with Gasteiger partial charge in [-0.3, -0.25) is 24.0 Å². The zero-order chi connectivity index (χ0) is 32.9. The van der Waals surface area contributed by atoms with Gasteiger partial charge in [-0.25, -0.2) is 4.79 Å². The van der Waals surface area contributed by atoms with Gasteiger partial charge in [0.15, 0.2) is 11.9 Å². The lowest BCUT2D eigenvalue weighted by molar-refractivity contribution is -0.289. The second-order valence-electron chi connectivity index (χ2n) is 13.0. The molecule has 4 aliphatic rings. The largest absolute Gasteiger partial charge is 0.465 e. The second-order valence-corrected chi connectivity index (χ2v) is 13.0. The molecule has 44 heavy (non-hydrogen) atoms. The van der Waals surface area contributed by atoms with Gasteiger partial charge >= 0.3 is 29.8 Å². The van der Waals surface area contributed by atoms with Crippen molar-refractivity contribution < 1.29 is 57.2 Å². The molecule has 12 atom stereocenters. The number of Topliss-reactive ketones (excluding diaryl/α,β-unsaturated/α-hetero) is 1. The van der Waals surface area contributed by atoms with Crippen LogP contribution in [0.4, 0.5) is 0 Å². The summed E-state index contributed by atoms with van der Waals surface area (Å²) in [5.41, 5.74) is -1.82. The minimum Gasteiger partial charge on any atom is -0.465 e. The van der Waals surface area contributed by atoms with E-state index in [1.807, 2.05) is 19.9 Å². The van der Waals surface area contributed by atoms with Crippen molar-refractivity contribution >= 4 is 35.6 Å². The smallest absolute Gasteiger partial charge is 0.348 e. The molecule has 0 aromatic rings. The molecule has 1 aliphatic heterocycles. The van der Waals surface area contributed by atoms with E-state index in [9.17, 15) is 28.8 Å². The number of hydrogen-bond acceptors (Lipinski definition) is 12. The number of fused-ring (bicyclic) bond motifs is 2. The van der Waals surface area contributed by atoms with Crippen LogP contribution in [0.3, 0.4) is 0 Å². The molecule has 0 spiro atoms. The van der Waals surface area contributed by atoms with E-state index >= 15 is 0 Å². The van der Waals surface area contributed by atoms with Crippen molar-refractivity contribution in [1.82, 2.24) is 0 Å². The zero-order valence-electron chi connectivity index (χ0n) is 26.9. The summed E-state index contributed by atoms with van der Waals surface area (Å²) in [5, 5.41) is 0. The van der Waals surface area contributed by atoms with Crippen LogP contribution < -0.4 is 0 Å². The number of allylic oxidation sites excluding steroid dienone is 1. The summed E-state index contributed by atoms with van der Waals surface area (Å²) in [6, 6.07) is 0. The molecule has 0 aromatic heterocycles. The third-order valence-electron chi connectivity index (χ3n) is 10.5. The van der Waals surface area contributed by atoms with E-state index in [0.29, 0.717) is 6.42 Å². The Morgan fingerprint density at radius 1 is 1.02 bits per heavy atom.